The predicted molar refractivity (Wildman–Crippen MR) is 100 cm³/mol. The molecule has 0 saturated heterocycles. The van der Waals surface area contributed by atoms with E-state index in [-0.39, 0.29) is 11.8 Å². The smallest absolute Gasteiger partial charge is 0.248 e. The van der Waals surface area contributed by atoms with Crippen LogP contribution >= 0.6 is 11.6 Å². The summed E-state index contributed by atoms with van der Waals surface area (Å²) in [5, 5.41) is 6.34. The molecular weight excluding hydrogens is 336 g/mol. The van der Waals surface area contributed by atoms with E-state index >= 15 is 0 Å². The molecule has 0 unspecified atom stereocenters. The molecule has 2 aromatic carbocycles. The van der Waals surface area contributed by atoms with Crippen molar-refractivity contribution in [1.29, 1.82) is 0 Å². The van der Waals surface area contributed by atoms with Gasteiger partial charge >= 0.3 is 0 Å². The highest BCUT2D eigenvalue weighted by molar-refractivity contribution is 6.32. The highest BCUT2D eigenvalue weighted by Crippen LogP contribution is 2.19. The minimum Gasteiger partial charge on any atom is -0.353 e. The monoisotopic (exact) mass is 354 g/mol. The molecule has 1 aliphatic carbocycles. The molecule has 0 radical (unpaired) electrons. The number of halogens is 1. The van der Waals surface area contributed by atoms with Gasteiger partial charge in [-0.25, -0.2) is 0 Å². The molecule has 0 bridgehead atoms. The van der Waals surface area contributed by atoms with E-state index in [0.717, 1.165) is 24.0 Å². The number of carbonyl (C=O) groups excluding carboxylic acids is 2. The predicted octanol–water partition coefficient (Wildman–Crippen LogP) is 3.81. The Morgan fingerprint density at radius 2 is 1.80 bits per heavy atom. The highest BCUT2D eigenvalue weighted by atomic mass is 35.5. The number of amides is 2. The van der Waals surface area contributed by atoms with Crippen LogP contribution in [0.5, 0.6) is 0 Å². The SMILES string of the molecule is O=C(/C=C/c1ccccc1Cl)Nc1ccc(CC(=O)NC2CC2)cc1. The molecule has 25 heavy (non-hydrogen) atoms. The first-order valence-corrected chi connectivity index (χ1v) is 8.60. The van der Waals surface area contributed by atoms with Gasteiger partial charge in [0.25, 0.3) is 0 Å². The summed E-state index contributed by atoms with van der Waals surface area (Å²) in [6.07, 6.45) is 5.64. The third-order valence-corrected chi connectivity index (χ3v) is 4.19. The molecule has 2 amide bonds. The summed E-state index contributed by atoms with van der Waals surface area (Å²) in [5.41, 5.74) is 2.39. The Balaban J connectivity index is 1.52. The topological polar surface area (TPSA) is 58.2 Å². The maximum absolute atomic E-state index is 12.0. The highest BCUT2D eigenvalue weighted by Gasteiger charge is 2.22. The molecule has 1 saturated carbocycles. The first kappa shape index (κ1) is 17.2. The van der Waals surface area contributed by atoms with Gasteiger partial charge in [0.15, 0.2) is 0 Å². The Morgan fingerprint density at radius 1 is 1.08 bits per heavy atom. The molecule has 0 spiro atoms. The van der Waals surface area contributed by atoms with Gasteiger partial charge in [0, 0.05) is 22.8 Å². The molecule has 0 heterocycles. The quantitative estimate of drug-likeness (QED) is 0.775. The molecular formula is C20H19ClN2O2. The lowest BCUT2D eigenvalue weighted by molar-refractivity contribution is -0.120. The lowest BCUT2D eigenvalue weighted by atomic mass is 10.1. The number of benzene rings is 2. The van der Waals surface area contributed by atoms with Gasteiger partial charge in [-0.1, -0.05) is 41.9 Å². The minimum atomic E-state index is -0.237. The second-order valence-corrected chi connectivity index (χ2v) is 6.47. The van der Waals surface area contributed by atoms with Crippen molar-refractivity contribution in [2.75, 3.05) is 5.32 Å². The van der Waals surface area contributed by atoms with Crippen LogP contribution in [-0.4, -0.2) is 17.9 Å². The minimum absolute atomic E-state index is 0.0435. The van der Waals surface area contributed by atoms with Crippen LogP contribution in [0, 0.1) is 0 Å². The zero-order chi connectivity index (χ0) is 17.6. The second kappa shape index (κ2) is 7.99. The summed E-state index contributed by atoms with van der Waals surface area (Å²) in [6, 6.07) is 15.0. The van der Waals surface area contributed by atoms with Crippen molar-refractivity contribution in [3.63, 3.8) is 0 Å². The van der Waals surface area contributed by atoms with Crippen molar-refractivity contribution in [3.8, 4) is 0 Å². The molecule has 0 atom stereocenters. The van der Waals surface area contributed by atoms with Crippen LogP contribution in [0.1, 0.15) is 24.0 Å². The fourth-order valence-electron chi connectivity index (χ4n) is 2.36. The van der Waals surface area contributed by atoms with Crippen LogP contribution < -0.4 is 10.6 Å². The maximum Gasteiger partial charge on any atom is 0.248 e. The number of carbonyl (C=O) groups is 2. The van der Waals surface area contributed by atoms with E-state index < -0.39 is 0 Å². The normalized spacial score (nSPS) is 13.6. The van der Waals surface area contributed by atoms with E-state index in [1.54, 1.807) is 24.3 Å². The van der Waals surface area contributed by atoms with E-state index in [1.807, 2.05) is 30.3 Å². The fraction of sp³-hybridized carbons (Fsp3) is 0.200. The third kappa shape index (κ3) is 5.47. The van der Waals surface area contributed by atoms with Crippen molar-refractivity contribution in [2.24, 2.45) is 0 Å². The van der Waals surface area contributed by atoms with Crippen LogP contribution in [0.25, 0.3) is 6.08 Å². The van der Waals surface area contributed by atoms with Gasteiger partial charge in [-0.3, -0.25) is 9.59 Å². The largest absolute Gasteiger partial charge is 0.353 e. The Labute approximate surface area is 151 Å². The average Bonchev–Trinajstić information content (AvgIpc) is 3.40. The number of nitrogens with one attached hydrogen (secondary N) is 2. The molecule has 128 valence electrons. The Morgan fingerprint density at radius 3 is 2.48 bits per heavy atom. The number of hydrogen-bond acceptors (Lipinski definition) is 2. The molecule has 1 aliphatic rings. The Bertz CT molecular complexity index is 796. The van der Waals surface area contributed by atoms with Gasteiger partial charge < -0.3 is 10.6 Å². The standard InChI is InChI=1S/C20H19ClN2O2/c21-18-4-2-1-3-15(18)7-12-19(24)22-16-8-5-14(6-9-16)13-20(25)23-17-10-11-17/h1-9,12,17H,10-11,13H2,(H,22,24)(H,23,25)/b12-7+. The van der Waals surface area contributed by atoms with Gasteiger partial charge in [0.2, 0.25) is 11.8 Å². The van der Waals surface area contributed by atoms with Gasteiger partial charge in [-0.05, 0) is 48.2 Å². The Hall–Kier alpha value is -2.59. The summed E-state index contributed by atoms with van der Waals surface area (Å²) in [5.74, 6) is -0.193. The lowest BCUT2D eigenvalue weighted by Crippen LogP contribution is -2.26. The first-order chi connectivity index (χ1) is 12.1. The van der Waals surface area contributed by atoms with E-state index in [2.05, 4.69) is 10.6 Å². The van der Waals surface area contributed by atoms with Crippen molar-refractivity contribution in [2.45, 2.75) is 25.3 Å². The molecule has 1 fully saturated rings. The molecule has 5 heteroatoms. The summed E-state index contributed by atoms with van der Waals surface area (Å²) in [7, 11) is 0. The van der Waals surface area contributed by atoms with Gasteiger partial charge in [0.1, 0.15) is 0 Å². The van der Waals surface area contributed by atoms with Crippen LogP contribution in [0.4, 0.5) is 5.69 Å². The molecule has 0 aliphatic heterocycles. The van der Waals surface area contributed by atoms with Crippen LogP contribution in [-0.2, 0) is 16.0 Å². The number of hydrogen-bond donors (Lipinski definition) is 2. The number of rotatable bonds is 6. The third-order valence-electron chi connectivity index (χ3n) is 3.85. The van der Waals surface area contributed by atoms with E-state index in [1.165, 1.54) is 6.08 Å². The summed E-state index contributed by atoms with van der Waals surface area (Å²) >= 11 is 6.05. The molecule has 2 aromatic rings. The number of anilines is 1. The van der Waals surface area contributed by atoms with Crippen LogP contribution in [0.2, 0.25) is 5.02 Å². The van der Waals surface area contributed by atoms with E-state index in [9.17, 15) is 9.59 Å². The second-order valence-electron chi connectivity index (χ2n) is 6.06. The maximum atomic E-state index is 12.0. The van der Waals surface area contributed by atoms with Crippen LogP contribution in [0.15, 0.2) is 54.6 Å². The molecule has 4 nitrogen and oxygen atoms in total. The first-order valence-electron chi connectivity index (χ1n) is 8.22. The fourth-order valence-corrected chi connectivity index (χ4v) is 2.56. The molecule has 2 N–H and O–H groups in total. The Kier molecular flexibility index (Phi) is 5.51. The average molecular weight is 355 g/mol. The van der Waals surface area contributed by atoms with E-state index in [0.29, 0.717) is 23.2 Å². The van der Waals surface area contributed by atoms with Gasteiger partial charge in [0.05, 0.1) is 6.42 Å². The van der Waals surface area contributed by atoms with E-state index in [4.69, 9.17) is 11.6 Å². The summed E-state index contributed by atoms with van der Waals surface area (Å²) in [4.78, 5) is 23.8. The summed E-state index contributed by atoms with van der Waals surface area (Å²) in [6.45, 7) is 0. The molecule has 0 aromatic heterocycles. The zero-order valence-corrected chi connectivity index (χ0v) is 14.4. The van der Waals surface area contributed by atoms with Crippen molar-refractivity contribution < 1.29 is 9.59 Å². The van der Waals surface area contributed by atoms with Crippen molar-refractivity contribution >= 4 is 35.2 Å². The van der Waals surface area contributed by atoms with Gasteiger partial charge in [-0.15, -0.1) is 0 Å². The van der Waals surface area contributed by atoms with Crippen LogP contribution in [0.3, 0.4) is 0 Å². The lowest BCUT2D eigenvalue weighted by Gasteiger charge is -2.06. The van der Waals surface area contributed by atoms with Crippen molar-refractivity contribution in [3.05, 3.63) is 70.8 Å². The molecule has 3 rings (SSSR count). The summed E-state index contributed by atoms with van der Waals surface area (Å²) < 4.78 is 0. The zero-order valence-electron chi connectivity index (χ0n) is 13.7. The van der Waals surface area contributed by atoms with Gasteiger partial charge in [-0.2, -0.15) is 0 Å². The van der Waals surface area contributed by atoms with Crippen molar-refractivity contribution in [1.82, 2.24) is 5.32 Å².